The average Bonchev–Trinajstić information content (AvgIpc) is 2.90. The molecule has 0 aliphatic rings. The van der Waals surface area contributed by atoms with Gasteiger partial charge in [-0.25, -0.2) is 4.98 Å². The van der Waals surface area contributed by atoms with E-state index in [1.165, 1.54) is 11.3 Å². The number of fused-ring (bicyclic) bond motifs is 5. The number of nitrogen functional groups attached to an aromatic ring is 1. The Morgan fingerprint density at radius 2 is 1.92 bits per heavy atom. The molecule has 3 aromatic heterocycles. The molecule has 0 saturated heterocycles. The van der Waals surface area contributed by atoms with Crippen LogP contribution in [-0.4, -0.2) is 14.9 Å². The molecule has 24 heavy (non-hydrogen) atoms. The summed E-state index contributed by atoms with van der Waals surface area (Å²) in [6, 6.07) is 11.6. The second-order valence-electron chi connectivity index (χ2n) is 6.90. The number of nitrogens with zero attached hydrogens (tertiary/aromatic N) is 2. The number of thiazole rings is 1. The van der Waals surface area contributed by atoms with Gasteiger partial charge in [-0.3, -0.25) is 9.20 Å². The van der Waals surface area contributed by atoms with Gasteiger partial charge in [0, 0.05) is 5.54 Å². The van der Waals surface area contributed by atoms with Gasteiger partial charge >= 0.3 is 0 Å². The number of aromatic nitrogens is 2. The van der Waals surface area contributed by atoms with Crippen molar-refractivity contribution < 1.29 is 0 Å². The van der Waals surface area contributed by atoms with Crippen molar-refractivity contribution in [2.75, 3.05) is 11.1 Å². The first-order chi connectivity index (χ1) is 11.3. The average molecular weight is 338 g/mol. The number of nitrogens with one attached hydrogen (secondary N) is 1. The Hall–Kier alpha value is -2.60. The molecule has 5 nitrogen and oxygen atoms in total. The molecule has 1 aromatic carbocycles. The van der Waals surface area contributed by atoms with E-state index < -0.39 is 0 Å². The number of hydrogen-bond acceptors (Lipinski definition) is 5. The van der Waals surface area contributed by atoms with Crippen LogP contribution >= 0.6 is 11.3 Å². The van der Waals surface area contributed by atoms with Gasteiger partial charge in [0.2, 0.25) is 5.43 Å². The number of benzene rings is 1. The summed E-state index contributed by atoms with van der Waals surface area (Å²) in [5.74, 6) is 0.739. The molecule has 3 N–H and O–H groups in total. The zero-order valence-corrected chi connectivity index (χ0v) is 14.6. The fraction of sp³-hybridized carbons (Fsp3) is 0.222. The molecule has 4 aromatic rings. The van der Waals surface area contributed by atoms with Crippen molar-refractivity contribution in [1.82, 2.24) is 9.38 Å². The molecular weight excluding hydrogens is 320 g/mol. The fourth-order valence-electron chi connectivity index (χ4n) is 2.87. The first-order valence-corrected chi connectivity index (χ1v) is 8.57. The molecule has 0 aliphatic carbocycles. The quantitative estimate of drug-likeness (QED) is 0.553. The smallest absolute Gasteiger partial charge is 0.215 e. The van der Waals surface area contributed by atoms with Crippen LogP contribution in [0.15, 0.2) is 41.2 Å². The van der Waals surface area contributed by atoms with Crippen LogP contribution in [-0.2, 0) is 0 Å². The van der Waals surface area contributed by atoms with Crippen molar-refractivity contribution in [2.45, 2.75) is 26.3 Å². The van der Waals surface area contributed by atoms with Crippen molar-refractivity contribution in [3.63, 3.8) is 0 Å². The second-order valence-corrected chi connectivity index (χ2v) is 7.93. The van der Waals surface area contributed by atoms with Crippen LogP contribution in [0.4, 0.5) is 11.5 Å². The predicted molar refractivity (Wildman–Crippen MR) is 102 cm³/mol. The van der Waals surface area contributed by atoms with Crippen LogP contribution < -0.4 is 16.5 Å². The number of nitrogens with two attached hydrogens (primary N) is 1. The van der Waals surface area contributed by atoms with Gasteiger partial charge in [0.15, 0.2) is 5.65 Å². The van der Waals surface area contributed by atoms with E-state index in [0.717, 1.165) is 20.9 Å². The summed E-state index contributed by atoms with van der Waals surface area (Å²) in [6.45, 7) is 6.22. The van der Waals surface area contributed by atoms with Gasteiger partial charge < -0.3 is 11.1 Å². The standard InChI is InChI=1S/C18H18N4OS/c1-18(2,3)21-13-9-8-10-15(23)14(19)17-22(16(10)20-13)11-6-4-5-7-12(11)24-17/h4-9H,19H2,1-3H3,(H,20,21). The van der Waals surface area contributed by atoms with Gasteiger partial charge in [-0.2, -0.15) is 0 Å². The summed E-state index contributed by atoms with van der Waals surface area (Å²) in [5.41, 5.74) is 7.77. The zero-order valence-electron chi connectivity index (χ0n) is 13.8. The lowest BCUT2D eigenvalue weighted by Crippen LogP contribution is -2.26. The third kappa shape index (κ3) is 2.22. The highest BCUT2D eigenvalue weighted by atomic mass is 32.1. The molecule has 0 aliphatic heterocycles. The Labute approximate surface area is 142 Å². The fourth-order valence-corrected chi connectivity index (χ4v) is 3.96. The van der Waals surface area contributed by atoms with E-state index in [1.54, 1.807) is 6.07 Å². The van der Waals surface area contributed by atoms with Crippen LogP contribution in [0.5, 0.6) is 0 Å². The predicted octanol–water partition coefficient (Wildman–Crippen LogP) is 3.86. The summed E-state index contributed by atoms with van der Waals surface area (Å²) in [6.07, 6.45) is 0. The lowest BCUT2D eigenvalue weighted by atomic mass is 10.1. The van der Waals surface area contributed by atoms with Crippen molar-refractivity contribution in [1.29, 1.82) is 0 Å². The third-order valence-electron chi connectivity index (χ3n) is 3.83. The van der Waals surface area contributed by atoms with Gasteiger partial charge in [-0.1, -0.05) is 12.1 Å². The van der Waals surface area contributed by atoms with E-state index in [-0.39, 0.29) is 16.7 Å². The molecule has 6 heteroatoms. The highest BCUT2D eigenvalue weighted by Gasteiger charge is 2.17. The van der Waals surface area contributed by atoms with Crippen molar-refractivity contribution >= 4 is 48.9 Å². The normalized spacial score (nSPS) is 12.3. The van der Waals surface area contributed by atoms with Gasteiger partial charge in [0.1, 0.15) is 16.3 Å². The molecule has 0 unspecified atom stereocenters. The lowest BCUT2D eigenvalue weighted by Gasteiger charge is -2.21. The molecular formula is C18H18N4OS. The van der Waals surface area contributed by atoms with Crippen LogP contribution in [0, 0.1) is 0 Å². The molecule has 0 fully saturated rings. The molecule has 3 heterocycles. The van der Waals surface area contributed by atoms with Crippen molar-refractivity contribution in [2.24, 2.45) is 0 Å². The van der Waals surface area contributed by atoms with Crippen LogP contribution in [0.25, 0.3) is 26.1 Å². The summed E-state index contributed by atoms with van der Waals surface area (Å²) in [7, 11) is 0. The largest absolute Gasteiger partial charge is 0.393 e. The van der Waals surface area contributed by atoms with Gasteiger partial charge in [-0.05, 0) is 45.0 Å². The monoisotopic (exact) mass is 338 g/mol. The minimum absolute atomic E-state index is 0.116. The topological polar surface area (TPSA) is 72.4 Å². The first kappa shape index (κ1) is 15.0. The van der Waals surface area contributed by atoms with E-state index in [0.29, 0.717) is 11.0 Å². The van der Waals surface area contributed by atoms with Gasteiger partial charge in [0.05, 0.1) is 15.6 Å². The number of pyridine rings is 2. The third-order valence-corrected chi connectivity index (χ3v) is 4.99. The van der Waals surface area contributed by atoms with Crippen molar-refractivity contribution in [3.05, 3.63) is 46.6 Å². The molecule has 0 radical (unpaired) electrons. The van der Waals surface area contributed by atoms with E-state index >= 15 is 0 Å². The van der Waals surface area contributed by atoms with E-state index in [1.807, 2.05) is 34.7 Å². The van der Waals surface area contributed by atoms with Gasteiger partial charge in [0.25, 0.3) is 0 Å². The number of para-hydroxylation sites is 1. The van der Waals surface area contributed by atoms with E-state index in [9.17, 15) is 4.79 Å². The highest BCUT2D eigenvalue weighted by molar-refractivity contribution is 7.24. The molecule has 0 amide bonds. The molecule has 4 rings (SSSR count). The Kier molecular flexibility index (Phi) is 3.08. The van der Waals surface area contributed by atoms with Crippen LogP contribution in [0.1, 0.15) is 20.8 Å². The summed E-state index contributed by atoms with van der Waals surface area (Å²) >= 11 is 1.51. The van der Waals surface area contributed by atoms with Gasteiger partial charge in [-0.15, -0.1) is 11.3 Å². The number of hydrogen-bond donors (Lipinski definition) is 2. The second kappa shape index (κ2) is 4.95. The maximum atomic E-state index is 12.6. The zero-order chi connectivity index (χ0) is 17.1. The minimum Gasteiger partial charge on any atom is -0.393 e. The Morgan fingerprint density at radius 3 is 2.67 bits per heavy atom. The maximum absolute atomic E-state index is 12.6. The molecule has 0 saturated carbocycles. The van der Waals surface area contributed by atoms with E-state index in [4.69, 9.17) is 10.7 Å². The van der Waals surface area contributed by atoms with Crippen molar-refractivity contribution in [3.8, 4) is 0 Å². The minimum atomic E-state index is -0.161. The van der Waals surface area contributed by atoms with E-state index in [2.05, 4.69) is 26.1 Å². The summed E-state index contributed by atoms with van der Waals surface area (Å²) in [4.78, 5) is 18.1. The number of anilines is 2. The Balaban J connectivity index is 2.17. The van der Waals surface area contributed by atoms with Crippen LogP contribution in [0.3, 0.4) is 0 Å². The summed E-state index contributed by atoms with van der Waals surface area (Å²) in [5, 5.41) is 3.89. The highest BCUT2D eigenvalue weighted by Crippen LogP contribution is 2.31. The number of rotatable bonds is 1. The van der Waals surface area contributed by atoms with Crippen LogP contribution in [0.2, 0.25) is 0 Å². The summed E-state index contributed by atoms with van der Waals surface area (Å²) < 4.78 is 3.06. The molecule has 0 bridgehead atoms. The SMILES string of the molecule is CC(C)(C)Nc1ccc2c(=O)c(N)c3sc4ccccc4n3c2n1. The molecule has 0 atom stereocenters. The first-order valence-electron chi connectivity index (χ1n) is 7.76. The maximum Gasteiger partial charge on any atom is 0.215 e. The molecule has 122 valence electrons. The lowest BCUT2D eigenvalue weighted by molar-refractivity contribution is 0.631. The molecule has 0 spiro atoms. The Bertz CT molecular complexity index is 1150. The Morgan fingerprint density at radius 1 is 1.17 bits per heavy atom.